The van der Waals surface area contributed by atoms with Crippen LogP contribution in [-0.4, -0.2) is 26.0 Å². The highest BCUT2D eigenvalue weighted by Gasteiger charge is 2.29. The molecule has 0 aliphatic carbocycles. The number of carboxylic acid groups (broad SMARTS) is 1. The van der Waals surface area contributed by atoms with Crippen LogP contribution in [0.3, 0.4) is 0 Å². The lowest BCUT2D eigenvalue weighted by molar-refractivity contribution is -0.146. The van der Waals surface area contributed by atoms with Gasteiger partial charge in [-0.05, 0) is 38.0 Å². The molecule has 1 rings (SSSR count). The summed E-state index contributed by atoms with van der Waals surface area (Å²) in [5, 5.41) is 8.94. The Hall–Kier alpha value is -1.40. The third kappa shape index (κ3) is 4.04. The molecule has 0 fully saturated rings. The van der Waals surface area contributed by atoms with E-state index in [1.54, 1.807) is 12.1 Å². The number of carboxylic acids is 1. The first-order valence-corrected chi connectivity index (χ1v) is 7.49. The van der Waals surface area contributed by atoms with Crippen molar-refractivity contribution in [3.63, 3.8) is 0 Å². The summed E-state index contributed by atoms with van der Waals surface area (Å²) in [7, 11) is -3.67. The molecule has 2 N–H and O–H groups in total. The van der Waals surface area contributed by atoms with E-state index in [9.17, 15) is 13.2 Å². The summed E-state index contributed by atoms with van der Waals surface area (Å²) in [6, 6.07) is 6.54. The van der Waals surface area contributed by atoms with Gasteiger partial charge in [-0.15, -0.1) is 0 Å². The van der Waals surface area contributed by atoms with Crippen molar-refractivity contribution in [1.29, 1.82) is 0 Å². The maximum absolute atomic E-state index is 12.0. The van der Waals surface area contributed by atoms with Crippen LogP contribution in [0.5, 0.6) is 0 Å². The summed E-state index contributed by atoms with van der Waals surface area (Å²) in [5.74, 6) is -1.04. The third-order valence-electron chi connectivity index (χ3n) is 2.92. The van der Waals surface area contributed by atoms with E-state index >= 15 is 0 Å². The maximum atomic E-state index is 12.0. The lowest BCUT2D eigenvalue weighted by atomic mass is 9.95. The summed E-state index contributed by atoms with van der Waals surface area (Å²) < 4.78 is 26.3. The van der Waals surface area contributed by atoms with Gasteiger partial charge < -0.3 is 5.11 Å². The zero-order valence-corrected chi connectivity index (χ0v) is 12.1. The van der Waals surface area contributed by atoms with E-state index in [0.29, 0.717) is 0 Å². The number of hydrogen-bond acceptors (Lipinski definition) is 3. The molecule has 0 heterocycles. The molecule has 0 saturated heterocycles. The van der Waals surface area contributed by atoms with Crippen LogP contribution in [0.25, 0.3) is 0 Å². The number of sulfonamides is 1. The molecule has 0 bridgehead atoms. The first-order chi connectivity index (χ1) is 8.69. The topological polar surface area (TPSA) is 83.5 Å². The Morgan fingerprint density at radius 1 is 1.26 bits per heavy atom. The molecule has 0 aromatic heterocycles. The molecule has 106 valence electrons. The third-order valence-corrected chi connectivity index (χ3v) is 4.34. The molecule has 0 saturated carbocycles. The van der Waals surface area contributed by atoms with Crippen LogP contribution < -0.4 is 4.72 Å². The van der Waals surface area contributed by atoms with Crippen molar-refractivity contribution in [3.05, 3.63) is 29.8 Å². The molecule has 1 aromatic carbocycles. The van der Waals surface area contributed by atoms with Gasteiger partial charge in [-0.3, -0.25) is 4.79 Å². The van der Waals surface area contributed by atoms with Gasteiger partial charge in [0.1, 0.15) is 0 Å². The molecule has 1 aromatic rings. The van der Waals surface area contributed by atoms with Crippen molar-refractivity contribution in [2.75, 3.05) is 6.54 Å². The molecule has 5 nitrogen and oxygen atoms in total. The quantitative estimate of drug-likeness (QED) is 0.832. The monoisotopic (exact) mass is 285 g/mol. The van der Waals surface area contributed by atoms with Gasteiger partial charge >= 0.3 is 5.97 Å². The van der Waals surface area contributed by atoms with Crippen molar-refractivity contribution in [1.82, 2.24) is 4.72 Å². The van der Waals surface area contributed by atoms with Gasteiger partial charge in [-0.1, -0.05) is 19.1 Å². The van der Waals surface area contributed by atoms with E-state index in [0.717, 1.165) is 12.0 Å². The van der Waals surface area contributed by atoms with E-state index in [1.807, 2.05) is 6.92 Å². The van der Waals surface area contributed by atoms with Gasteiger partial charge in [0.15, 0.2) is 0 Å². The molecule has 0 aliphatic heterocycles. The smallest absolute Gasteiger partial charge is 0.310 e. The highest BCUT2D eigenvalue weighted by molar-refractivity contribution is 7.89. The van der Waals surface area contributed by atoms with Crippen LogP contribution in [0.15, 0.2) is 29.2 Å². The number of aryl methyl sites for hydroxylation is 1. The lowest BCUT2D eigenvalue weighted by Crippen LogP contribution is -2.38. The van der Waals surface area contributed by atoms with E-state index < -0.39 is 21.4 Å². The van der Waals surface area contributed by atoms with E-state index in [-0.39, 0.29) is 11.4 Å². The van der Waals surface area contributed by atoms with Crippen LogP contribution >= 0.6 is 0 Å². The normalized spacial score (nSPS) is 12.4. The van der Waals surface area contributed by atoms with Crippen LogP contribution in [-0.2, 0) is 21.2 Å². The number of nitrogens with one attached hydrogen (secondary N) is 1. The lowest BCUT2D eigenvalue weighted by Gasteiger charge is -2.19. The Morgan fingerprint density at radius 2 is 1.79 bits per heavy atom. The van der Waals surface area contributed by atoms with Gasteiger partial charge in [0.25, 0.3) is 0 Å². The Kier molecular flexibility index (Phi) is 4.70. The molecule has 0 spiro atoms. The minimum Gasteiger partial charge on any atom is -0.481 e. The van der Waals surface area contributed by atoms with E-state index in [2.05, 4.69) is 4.72 Å². The Morgan fingerprint density at radius 3 is 2.21 bits per heavy atom. The minimum atomic E-state index is -3.67. The van der Waals surface area contributed by atoms with Crippen molar-refractivity contribution >= 4 is 16.0 Å². The van der Waals surface area contributed by atoms with Gasteiger partial charge in [-0.25, -0.2) is 13.1 Å². The number of aliphatic carboxylic acids is 1. The Labute approximate surface area is 113 Å². The fourth-order valence-electron chi connectivity index (χ4n) is 1.34. The number of carbonyl (C=O) groups is 1. The molecule has 0 unspecified atom stereocenters. The number of rotatable bonds is 6. The van der Waals surface area contributed by atoms with Crippen molar-refractivity contribution in [2.45, 2.75) is 32.1 Å². The molecule has 19 heavy (non-hydrogen) atoms. The van der Waals surface area contributed by atoms with E-state index in [1.165, 1.54) is 26.0 Å². The highest BCUT2D eigenvalue weighted by Crippen LogP contribution is 2.16. The average Bonchev–Trinajstić information content (AvgIpc) is 2.36. The molecule has 0 radical (unpaired) electrons. The molecular formula is C13H19NO4S. The van der Waals surface area contributed by atoms with Crippen LogP contribution in [0.1, 0.15) is 26.3 Å². The molecular weight excluding hydrogens is 266 g/mol. The summed E-state index contributed by atoms with van der Waals surface area (Å²) in [6.45, 7) is 4.77. The molecule has 0 aliphatic rings. The standard InChI is InChI=1S/C13H19NO4S/c1-4-10-5-7-11(8-6-10)19(17,18)14-9-13(2,3)12(15)16/h5-8,14H,4,9H2,1-3H3,(H,15,16). The van der Waals surface area contributed by atoms with Crippen molar-refractivity contribution < 1.29 is 18.3 Å². The highest BCUT2D eigenvalue weighted by atomic mass is 32.2. The zero-order chi connectivity index (χ0) is 14.7. The van der Waals surface area contributed by atoms with E-state index in [4.69, 9.17) is 5.11 Å². The predicted octanol–water partition coefficient (Wildman–Crippen LogP) is 1.64. The number of hydrogen-bond donors (Lipinski definition) is 2. The average molecular weight is 285 g/mol. The summed E-state index contributed by atoms with van der Waals surface area (Å²) in [4.78, 5) is 11.1. The Bertz CT molecular complexity index is 547. The SMILES string of the molecule is CCc1ccc(S(=O)(=O)NCC(C)(C)C(=O)O)cc1. The van der Waals surface area contributed by atoms with Crippen LogP contribution in [0, 0.1) is 5.41 Å². The second-order valence-electron chi connectivity index (χ2n) is 5.01. The minimum absolute atomic E-state index is 0.144. The summed E-state index contributed by atoms with van der Waals surface area (Å²) >= 11 is 0. The van der Waals surface area contributed by atoms with Gasteiger partial charge in [-0.2, -0.15) is 0 Å². The number of benzene rings is 1. The zero-order valence-electron chi connectivity index (χ0n) is 11.3. The van der Waals surface area contributed by atoms with Crippen LogP contribution in [0.4, 0.5) is 0 Å². The van der Waals surface area contributed by atoms with Gasteiger partial charge in [0.05, 0.1) is 10.3 Å². The second-order valence-corrected chi connectivity index (χ2v) is 6.78. The first-order valence-electron chi connectivity index (χ1n) is 6.01. The maximum Gasteiger partial charge on any atom is 0.310 e. The molecule has 0 amide bonds. The van der Waals surface area contributed by atoms with Gasteiger partial charge in [0, 0.05) is 6.54 Å². The van der Waals surface area contributed by atoms with Crippen molar-refractivity contribution in [2.24, 2.45) is 5.41 Å². The first kappa shape index (κ1) is 15.7. The molecule has 6 heteroatoms. The fraction of sp³-hybridized carbons (Fsp3) is 0.462. The largest absolute Gasteiger partial charge is 0.481 e. The van der Waals surface area contributed by atoms with Crippen LogP contribution in [0.2, 0.25) is 0 Å². The van der Waals surface area contributed by atoms with Gasteiger partial charge in [0.2, 0.25) is 10.0 Å². The fourth-order valence-corrected chi connectivity index (χ4v) is 2.55. The molecule has 0 atom stereocenters. The van der Waals surface area contributed by atoms with Crippen molar-refractivity contribution in [3.8, 4) is 0 Å². The summed E-state index contributed by atoms with van der Waals surface area (Å²) in [5.41, 5.74) is -0.0963. The predicted molar refractivity (Wildman–Crippen MR) is 72.4 cm³/mol. The summed E-state index contributed by atoms with van der Waals surface area (Å²) in [6.07, 6.45) is 0.833. The second kappa shape index (κ2) is 5.71. The Balaban J connectivity index is 2.84.